The molecule has 0 aromatic heterocycles. The van der Waals surface area contributed by atoms with E-state index in [9.17, 15) is 18.0 Å². The third-order valence-corrected chi connectivity index (χ3v) is 5.29. The molecule has 2 rings (SSSR count). The van der Waals surface area contributed by atoms with Crippen molar-refractivity contribution in [2.75, 3.05) is 29.5 Å². The Labute approximate surface area is 165 Å². The molecule has 0 radical (unpaired) electrons. The Morgan fingerprint density at radius 2 is 1.71 bits per heavy atom. The Kier molecular flexibility index (Phi) is 7.17. The van der Waals surface area contributed by atoms with E-state index >= 15 is 0 Å². The van der Waals surface area contributed by atoms with Crippen molar-refractivity contribution in [3.05, 3.63) is 59.7 Å². The highest BCUT2D eigenvalue weighted by molar-refractivity contribution is 7.92. The van der Waals surface area contributed by atoms with E-state index in [1.807, 2.05) is 6.92 Å². The van der Waals surface area contributed by atoms with Crippen molar-refractivity contribution in [1.29, 1.82) is 0 Å². The molecule has 150 valence electrons. The van der Waals surface area contributed by atoms with Gasteiger partial charge in [-0.3, -0.25) is 9.10 Å². The Morgan fingerprint density at radius 3 is 2.32 bits per heavy atom. The number of hydrogen-bond acceptors (Lipinski definition) is 5. The SMILES string of the molecule is CCCCOC(=O)c1ccc(NC(=O)c2ccccc2N(C)S(C)(=O)=O)cc1. The minimum atomic E-state index is -3.51. The van der Waals surface area contributed by atoms with Crippen LogP contribution in [0.25, 0.3) is 0 Å². The predicted octanol–water partition coefficient (Wildman–Crippen LogP) is 3.29. The van der Waals surface area contributed by atoms with Crippen LogP contribution in [0.15, 0.2) is 48.5 Å². The number of esters is 1. The number of carbonyl (C=O) groups is 2. The van der Waals surface area contributed by atoms with Crippen molar-refractivity contribution >= 4 is 33.3 Å². The van der Waals surface area contributed by atoms with Crippen LogP contribution in [0.1, 0.15) is 40.5 Å². The van der Waals surface area contributed by atoms with E-state index in [-0.39, 0.29) is 11.3 Å². The van der Waals surface area contributed by atoms with Gasteiger partial charge in [-0.05, 0) is 42.8 Å². The first-order chi connectivity index (χ1) is 13.2. The number of rotatable bonds is 8. The summed E-state index contributed by atoms with van der Waals surface area (Å²) in [5.74, 6) is -0.865. The van der Waals surface area contributed by atoms with Crippen molar-refractivity contribution < 1.29 is 22.7 Å². The summed E-state index contributed by atoms with van der Waals surface area (Å²) in [6, 6.07) is 12.7. The van der Waals surface area contributed by atoms with Gasteiger partial charge >= 0.3 is 5.97 Å². The fourth-order valence-corrected chi connectivity index (χ4v) is 2.92. The molecule has 1 amide bonds. The summed E-state index contributed by atoms with van der Waals surface area (Å²) in [6.45, 7) is 2.38. The molecule has 0 aliphatic rings. The van der Waals surface area contributed by atoms with Gasteiger partial charge in [0.1, 0.15) is 0 Å². The molecule has 0 heterocycles. The number of carbonyl (C=O) groups excluding carboxylic acids is 2. The number of ether oxygens (including phenoxy) is 1. The fourth-order valence-electron chi connectivity index (χ4n) is 2.40. The van der Waals surface area contributed by atoms with Gasteiger partial charge in [-0.25, -0.2) is 13.2 Å². The van der Waals surface area contributed by atoms with Crippen LogP contribution in [0.2, 0.25) is 0 Å². The first-order valence-corrected chi connectivity index (χ1v) is 10.7. The smallest absolute Gasteiger partial charge is 0.338 e. The molecule has 0 fully saturated rings. The van der Waals surface area contributed by atoms with E-state index in [0.717, 1.165) is 23.4 Å². The van der Waals surface area contributed by atoms with Crippen LogP contribution in [0.5, 0.6) is 0 Å². The van der Waals surface area contributed by atoms with Gasteiger partial charge in [0.05, 0.1) is 29.7 Å². The van der Waals surface area contributed by atoms with E-state index in [1.54, 1.807) is 48.5 Å². The molecule has 0 unspecified atom stereocenters. The number of nitrogens with one attached hydrogen (secondary N) is 1. The van der Waals surface area contributed by atoms with Crippen molar-refractivity contribution in [2.24, 2.45) is 0 Å². The van der Waals surface area contributed by atoms with Crippen LogP contribution in [0.4, 0.5) is 11.4 Å². The third kappa shape index (κ3) is 5.56. The highest BCUT2D eigenvalue weighted by Crippen LogP contribution is 2.22. The van der Waals surface area contributed by atoms with Gasteiger partial charge in [-0.1, -0.05) is 25.5 Å². The summed E-state index contributed by atoms with van der Waals surface area (Å²) in [4.78, 5) is 24.6. The Balaban J connectivity index is 2.13. The molecule has 7 nitrogen and oxygen atoms in total. The first kappa shape index (κ1) is 21.4. The van der Waals surface area contributed by atoms with Crippen LogP contribution >= 0.6 is 0 Å². The fraction of sp³-hybridized carbons (Fsp3) is 0.300. The number of sulfonamides is 1. The zero-order valence-corrected chi connectivity index (χ0v) is 17.0. The summed E-state index contributed by atoms with van der Waals surface area (Å²) in [7, 11) is -2.12. The van der Waals surface area contributed by atoms with Gasteiger partial charge in [0.2, 0.25) is 10.0 Å². The lowest BCUT2D eigenvalue weighted by molar-refractivity contribution is 0.0499. The van der Waals surface area contributed by atoms with Crippen LogP contribution < -0.4 is 9.62 Å². The van der Waals surface area contributed by atoms with E-state index in [2.05, 4.69) is 5.32 Å². The molecule has 1 N–H and O–H groups in total. The summed E-state index contributed by atoms with van der Waals surface area (Å²) >= 11 is 0. The molecule has 0 spiro atoms. The monoisotopic (exact) mass is 404 g/mol. The Bertz CT molecular complexity index is 939. The van der Waals surface area contributed by atoms with Crippen LogP contribution in [0, 0.1) is 0 Å². The van der Waals surface area contributed by atoms with Crippen LogP contribution in [-0.2, 0) is 14.8 Å². The van der Waals surface area contributed by atoms with Crippen molar-refractivity contribution in [2.45, 2.75) is 19.8 Å². The minimum Gasteiger partial charge on any atom is -0.462 e. The van der Waals surface area contributed by atoms with E-state index < -0.39 is 21.9 Å². The van der Waals surface area contributed by atoms with Crippen LogP contribution in [0.3, 0.4) is 0 Å². The highest BCUT2D eigenvalue weighted by Gasteiger charge is 2.19. The zero-order valence-electron chi connectivity index (χ0n) is 16.1. The number of nitrogens with zero attached hydrogens (tertiary/aromatic N) is 1. The minimum absolute atomic E-state index is 0.221. The molecule has 8 heteroatoms. The second-order valence-corrected chi connectivity index (χ2v) is 8.28. The number of benzene rings is 2. The third-order valence-electron chi connectivity index (χ3n) is 4.09. The molecule has 0 bridgehead atoms. The molecule has 0 saturated heterocycles. The molecule has 2 aromatic rings. The van der Waals surface area contributed by atoms with Gasteiger partial charge in [0.25, 0.3) is 5.91 Å². The number of amides is 1. The average Bonchev–Trinajstić information content (AvgIpc) is 2.67. The van der Waals surface area contributed by atoms with E-state index in [1.165, 1.54) is 7.05 Å². The zero-order chi connectivity index (χ0) is 20.7. The number of para-hydroxylation sites is 1. The molecule has 2 aromatic carbocycles. The lowest BCUT2D eigenvalue weighted by Gasteiger charge is -2.19. The maximum Gasteiger partial charge on any atom is 0.338 e. The molecule has 0 saturated carbocycles. The lowest BCUT2D eigenvalue weighted by atomic mass is 10.1. The highest BCUT2D eigenvalue weighted by atomic mass is 32.2. The maximum absolute atomic E-state index is 12.6. The second kappa shape index (κ2) is 9.36. The predicted molar refractivity (Wildman–Crippen MR) is 109 cm³/mol. The van der Waals surface area contributed by atoms with Gasteiger partial charge in [0.15, 0.2) is 0 Å². The van der Waals surface area contributed by atoms with E-state index in [0.29, 0.717) is 17.9 Å². The summed E-state index contributed by atoms with van der Waals surface area (Å²) in [6.07, 6.45) is 2.81. The lowest BCUT2D eigenvalue weighted by Crippen LogP contribution is -2.27. The average molecular weight is 404 g/mol. The summed E-state index contributed by atoms with van der Waals surface area (Å²) in [5.41, 5.74) is 1.37. The Morgan fingerprint density at radius 1 is 1.07 bits per heavy atom. The molecular formula is C20H24N2O5S. The number of anilines is 2. The van der Waals surface area contributed by atoms with Crippen molar-refractivity contribution in [1.82, 2.24) is 0 Å². The standard InChI is InChI=1S/C20H24N2O5S/c1-4-5-14-27-20(24)15-10-12-16(13-11-15)21-19(23)17-8-6-7-9-18(17)22(2)28(3,25)26/h6-13H,4-5,14H2,1-3H3,(H,21,23). The normalized spacial score (nSPS) is 11.0. The number of unbranched alkanes of at least 4 members (excludes halogenated alkanes) is 1. The topological polar surface area (TPSA) is 92.8 Å². The molecule has 0 aliphatic heterocycles. The maximum atomic E-state index is 12.6. The molecule has 28 heavy (non-hydrogen) atoms. The van der Waals surface area contributed by atoms with Gasteiger partial charge in [0, 0.05) is 12.7 Å². The summed E-state index contributed by atoms with van der Waals surface area (Å²) < 4.78 is 29.8. The Hall–Kier alpha value is -2.87. The number of hydrogen-bond donors (Lipinski definition) is 1. The van der Waals surface area contributed by atoms with Gasteiger partial charge in [-0.15, -0.1) is 0 Å². The molecule has 0 aliphatic carbocycles. The summed E-state index contributed by atoms with van der Waals surface area (Å²) in [5, 5.41) is 2.71. The first-order valence-electron chi connectivity index (χ1n) is 8.85. The molecule has 0 atom stereocenters. The second-order valence-electron chi connectivity index (χ2n) is 6.27. The van der Waals surface area contributed by atoms with Crippen LogP contribution in [-0.4, -0.2) is 40.2 Å². The van der Waals surface area contributed by atoms with Crippen molar-refractivity contribution in [3.63, 3.8) is 0 Å². The van der Waals surface area contributed by atoms with Gasteiger partial charge in [-0.2, -0.15) is 0 Å². The van der Waals surface area contributed by atoms with Crippen molar-refractivity contribution in [3.8, 4) is 0 Å². The van der Waals surface area contributed by atoms with E-state index in [4.69, 9.17) is 4.74 Å². The van der Waals surface area contributed by atoms with Gasteiger partial charge < -0.3 is 10.1 Å². The largest absolute Gasteiger partial charge is 0.462 e. The molecular weight excluding hydrogens is 380 g/mol. The quantitative estimate of drug-likeness (QED) is 0.538.